The molecular weight excluding hydrogens is 336 g/mol. The minimum atomic E-state index is -1.86. The van der Waals surface area contributed by atoms with Crippen LogP contribution < -0.4 is 0 Å². The third kappa shape index (κ3) is 3.91. The minimum Gasteiger partial charge on any atom is -0.412 e. The Kier molecular flexibility index (Phi) is 6.68. The Bertz CT molecular complexity index is 535. The zero-order valence-electron chi connectivity index (χ0n) is 18.6. The average Bonchev–Trinajstić information content (AvgIpc) is 2.62. The molecule has 1 fully saturated rings. The predicted molar refractivity (Wildman–Crippen MR) is 115 cm³/mol. The van der Waals surface area contributed by atoms with E-state index in [-0.39, 0.29) is 17.4 Å². The molecule has 2 aliphatic rings. The van der Waals surface area contributed by atoms with Gasteiger partial charge < -0.3 is 9.53 Å². The van der Waals surface area contributed by atoms with Crippen molar-refractivity contribution in [3.05, 3.63) is 23.3 Å². The first-order chi connectivity index (χ1) is 11.9. The van der Waals surface area contributed by atoms with Crippen molar-refractivity contribution in [3.8, 4) is 0 Å². The monoisotopic (exact) mass is 378 g/mol. The van der Waals surface area contributed by atoms with Gasteiger partial charge in [0.2, 0.25) is 8.32 Å². The van der Waals surface area contributed by atoms with Crippen LogP contribution in [0.2, 0.25) is 16.6 Å². The maximum absolute atomic E-state index is 10.7. The SMILES string of the molecule is CC(C)[Si](OCC1=C[C@H]2C(=CC[C@H]1C)C(C)(C)C[C@H]2O)(C(C)C)C(C)C. The average molecular weight is 379 g/mol. The summed E-state index contributed by atoms with van der Waals surface area (Å²) in [6, 6.07) is 0. The van der Waals surface area contributed by atoms with Crippen molar-refractivity contribution in [1.82, 2.24) is 0 Å². The van der Waals surface area contributed by atoms with Crippen LogP contribution in [-0.2, 0) is 4.43 Å². The predicted octanol–water partition coefficient (Wildman–Crippen LogP) is 6.48. The van der Waals surface area contributed by atoms with Gasteiger partial charge in [-0.25, -0.2) is 0 Å². The molecule has 2 rings (SSSR count). The van der Waals surface area contributed by atoms with E-state index in [2.05, 4.69) is 74.5 Å². The van der Waals surface area contributed by atoms with E-state index in [4.69, 9.17) is 4.43 Å². The molecule has 150 valence electrons. The third-order valence-electron chi connectivity index (χ3n) is 7.19. The van der Waals surface area contributed by atoms with Gasteiger partial charge in [-0.2, -0.15) is 0 Å². The topological polar surface area (TPSA) is 29.5 Å². The first-order valence-electron chi connectivity index (χ1n) is 10.7. The molecule has 0 heterocycles. The molecular formula is C23H42O2Si. The quantitative estimate of drug-likeness (QED) is 0.423. The van der Waals surface area contributed by atoms with Crippen LogP contribution in [0, 0.1) is 17.3 Å². The fraction of sp³-hybridized carbons (Fsp3) is 0.826. The van der Waals surface area contributed by atoms with Gasteiger partial charge in [0.15, 0.2) is 0 Å². The number of rotatable bonds is 6. The highest BCUT2D eigenvalue weighted by Gasteiger charge is 2.46. The summed E-state index contributed by atoms with van der Waals surface area (Å²) < 4.78 is 6.88. The Morgan fingerprint density at radius 1 is 1.12 bits per heavy atom. The fourth-order valence-corrected chi connectivity index (χ4v) is 11.2. The van der Waals surface area contributed by atoms with E-state index < -0.39 is 8.32 Å². The normalized spacial score (nSPS) is 29.0. The van der Waals surface area contributed by atoms with Crippen molar-refractivity contribution in [2.75, 3.05) is 6.61 Å². The molecule has 0 aromatic heterocycles. The van der Waals surface area contributed by atoms with Crippen LogP contribution in [-0.4, -0.2) is 26.1 Å². The number of fused-ring (bicyclic) bond motifs is 1. The van der Waals surface area contributed by atoms with Gasteiger partial charge in [0.05, 0.1) is 12.7 Å². The molecule has 1 N–H and O–H groups in total. The van der Waals surface area contributed by atoms with Gasteiger partial charge in [0.1, 0.15) is 0 Å². The lowest BCUT2D eigenvalue weighted by atomic mass is 9.84. The number of hydrogen-bond donors (Lipinski definition) is 1. The molecule has 0 aliphatic heterocycles. The largest absolute Gasteiger partial charge is 0.412 e. The molecule has 0 unspecified atom stereocenters. The standard InChI is InChI=1S/C23H42O2Si/c1-15(2)26(16(3)4,17(5)6)25-14-19-12-20-21(11-10-18(19)7)23(8,9)13-22(20)24/h11-12,15-18,20,22,24H,10,13-14H2,1-9H3/t18-,20+,22-/m1/s1. The minimum absolute atomic E-state index is 0.114. The Morgan fingerprint density at radius 2 is 1.65 bits per heavy atom. The second kappa shape index (κ2) is 7.93. The summed E-state index contributed by atoms with van der Waals surface area (Å²) in [7, 11) is -1.86. The smallest absolute Gasteiger partial charge is 0.200 e. The van der Waals surface area contributed by atoms with E-state index in [1.807, 2.05) is 0 Å². The molecule has 3 atom stereocenters. The fourth-order valence-electron chi connectivity index (χ4n) is 5.79. The van der Waals surface area contributed by atoms with E-state index in [0.29, 0.717) is 22.5 Å². The van der Waals surface area contributed by atoms with Crippen LogP contribution in [0.5, 0.6) is 0 Å². The number of aliphatic hydroxyl groups excluding tert-OH is 1. The molecule has 0 aromatic rings. The van der Waals surface area contributed by atoms with Crippen molar-refractivity contribution >= 4 is 8.32 Å². The van der Waals surface area contributed by atoms with Crippen molar-refractivity contribution in [1.29, 1.82) is 0 Å². The van der Waals surface area contributed by atoms with E-state index in [9.17, 15) is 5.11 Å². The summed E-state index contributed by atoms with van der Waals surface area (Å²) in [5.74, 6) is 0.677. The summed E-state index contributed by atoms with van der Waals surface area (Å²) in [4.78, 5) is 0. The van der Waals surface area contributed by atoms with Crippen LogP contribution >= 0.6 is 0 Å². The molecule has 2 aliphatic carbocycles. The van der Waals surface area contributed by atoms with E-state index in [1.54, 1.807) is 0 Å². The maximum Gasteiger partial charge on any atom is 0.200 e. The summed E-state index contributed by atoms with van der Waals surface area (Å²) in [5, 5.41) is 10.7. The van der Waals surface area contributed by atoms with Gasteiger partial charge in [-0.1, -0.05) is 80.0 Å². The summed E-state index contributed by atoms with van der Waals surface area (Å²) in [6.45, 7) is 21.7. The van der Waals surface area contributed by atoms with E-state index in [0.717, 1.165) is 19.4 Å². The number of allylic oxidation sites excluding steroid dienone is 1. The van der Waals surface area contributed by atoms with Gasteiger partial charge in [-0.3, -0.25) is 0 Å². The molecule has 0 amide bonds. The van der Waals surface area contributed by atoms with Crippen molar-refractivity contribution in [2.45, 2.75) is 97.9 Å². The zero-order chi connectivity index (χ0) is 19.9. The lowest BCUT2D eigenvalue weighted by Gasteiger charge is -2.42. The highest BCUT2D eigenvalue weighted by atomic mass is 28.4. The highest BCUT2D eigenvalue weighted by molar-refractivity contribution is 6.77. The highest BCUT2D eigenvalue weighted by Crippen LogP contribution is 2.49. The Morgan fingerprint density at radius 3 is 2.15 bits per heavy atom. The van der Waals surface area contributed by atoms with Crippen LogP contribution in [0.25, 0.3) is 0 Å². The molecule has 0 aromatic carbocycles. The van der Waals surface area contributed by atoms with E-state index >= 15 is 0 Å². The van der Waals surface area contributed by atoms with Crippen LogP contribution in [0.4, 0.5) is 0 Å². The molecule has 0 saturated heterocycles. The molecule has 26 heavy (non-hydrogen) atoms. The first-order valence-corrected chi connectivity index (χ1v) is 12.8. The van der Waals surface area contributed by atoms with Crippen LogP contribution in [0.15, 0.2) is 23.3 Å². The van der Waals surface area contributed by atoms with Gasteiger partial charge >= 0.3 is 0 Å². The van der Waals surface area contributed by atoms with E-state index in [1.165, 1.54) is 11.1 Å². The van der Waals surface area contributed by atoms with Crippen molar-refractivity contribution in [2.24, 2.45) is 17.3 Å². The Labute approximate surface area is 163 Å². The summed E-state index contributed by atoms with van der Waals surface area (Å²) in [6.07, 6.45) is 6.46. The van der Waals surface area contributed by atoms with Gasteiger partial charge in [-0.05, 0) is 46.4 Å². The lowest BCUT2D eigenvalue weighted by Crippen LogP contribution is -2.48. The zero-order valence-corrected chi connectivity index (χ0v) is 19.6. The van der Waals surface area contributed by atoms with Gasteiger partial charge in [0, 0.05) is 5.92 Å². The summed E-state index contributed by atoms with van der Waals surface area (Å²) >= 11 is 0. The van der Waals surface area contributed by atoms with Crippen molar-refractivity contribution in [3.63, 3.8) is 0 Å². The molecule has 2 nitrogen and oxygen atoms in total. The third-order valence-corrected chi connectivity index (χ3v) is 13.2. The molecule has 0 spiro atoms. The van der Waals surface area contributed by atoms with Gasteiger partial charge in [-0.15, -0.1) is 0 Å². The Balaban J connectivity index is 2.27. The van der Waals surface area contributed by atoms with Crippen LogP contribution in [0.3, 0.4) is 0 Å². The molecule has 0 bridgehead atoms. The summed E-state index contributed by atoms with van der Waals surface area (Å²) in [5.41, 5.74) is 4.77. The second-order valence-electron chi connectivity index (χ2n) is 10.3. The molecule has 3 heteroatoms. The first kappa shape index (κ1) is 21.9. The second-order valence-corrected chi connectivity index (χ2v) is 15.8. The number of aliphatic hydroxyl groups is 1. The van der Waals surface area contributed by atoms with Crippen molar-refractivity contribution < 1.29 is 9.53 Å². The lowest BCUT2D eigenvalue weighted by molar-refractivity contribution is 0.145. The maximum atomic E-state index is 10.7. The number of hydrogen-bond acceptors (Lipinski definition) is 2. The van der Waals surface area contributed by atoms with Gasteiger partial charge in [0.25, 0.3) is 0 Å². The Hall–Kier alpha value is -0.383. The van der Waals surface area contributed by atoms with Crippen LogP contribution in [0.1, 0.15) is 75.2 Å². The molecule has 1 saturated carbocycles. The molecule has 0 radical (unpaired) electrons.